The molecule has 0 aliphatic heterocycles. The number of hydrogen-bond acceptors (Lipinski definition) is 5. The van der Waals surface area contributed by atoms with Crippen molar-refractivity contribution in [1.29, 1.82) is 0 Å². The average molecular weight is 583 g/mol. The lowest BCUT2D eigenvalue weighted by molar-refractivity contribution is -0.163. The van der Waals surface area contributed by atoms with Gasteiger partial charge in [-0.25, -0.2) is 0 Å². The Bertz CT molecular complexity index is 562. The first-order chi connectivity index (χ1) is 20.0. The minimum absolute atomic E-state index is 0.0318. The van der Waals surface area contributed by atoms with Gasteiger partial charge in [-0.2, -0.15) is 0 Å². The molecule has 0 aliphatic carbocycles. The van der Waals surface area contributed by atoms with Crippen LogP contribution in [0.3, 0.4) is 0 Å². The predicted octanol–water partition coefficient (Wildman–Crippen LogP) is 11.0. The third-order valence-corrected chi connectivity index (χ3v) is 7.81. The summed E-state index contributed by atoms with van der Waals surface area (Å²) in [6.45, 7) is 8.76. The first kappa shape index (κ1) is 39.9. The van der Waals surface area contributed by atoms with Gasteiger partial charge in [0.2, 0.25) is 0 Å². The zero-order chi connectivity index (χ0) is 30.2. The van der Waals surface area contributed by atoms with Gasteiger partial charge in [0.1, 0.15) is 6.61 Å². The molecule has 1 atom stereocenters. The third kappa shape index (κ3) is 31.7. The van der Waals surface area contributed by atoms with Crippen molar-refractivity contribution < 1.29 is 23.8 Å². The Kier molecular flexibility index (Phi) is 31.0. The Morgan fingerprint density at radius 1 is 0.463 bits per heavy atom. The molecule has 0 aromatic heterocycles. The highest BCUT2D eigenvalue weighted by molar-refractivity contribution is 5.70. The van der Waals surface area contributed by atoms with E-state index < -0.39 is 6.10 Å². The van der Waals surface area contributed by atoms with Crippen LogP contribution < -0.4 is 0 Å². The molecule has 41 heavy (non-hydrogen) atoms. The summed E-state index contributed by atoms with van der Waals surface area (Å²) in [5.41, 5.74) is 0. The number of unbranched alkanes of at least 4 members (excludes halogenated alkanes) is 22. The molecule has 0 aliphatic rings. The van der Waals surface area contributed by atoms with Crippen molar-refractivity contribution in [2.45, 2.75) is 207 Å². The summed E-state index contributed by atoms with van der Waals surface area (Å²) in [7, 11) is 0. The van der Waals surface area contributed by atoms with E-state index in [4.69, 9.17) is 14.2 Å². The lowest BCUT2D eigenvalue weighted by atomic mass is 10.0. The van der Waals surface area contributed by atoms with Gasteiger partial charge in [-0.05, 0) is 26.7 Å². The van der Waals surface area contributed by atoms with E-state index in [0.717, 1.165) is 25.7 Å². The van der Waals surface area contributed by atoms with Crippen LogP contribution in [0.25, 0.3) is 0 Å². The smallest absolute Gasteiger partial charge is 0.306 e. The zero-order valence-corrected chi connectivity index (χ0v) is 28.0. The third-order valence-electron chi connectivity index (χ3n) is 7.81. The molecule has 244 valence electrons. The zero-order valence-electron chi connectivity index (χ0n) is 28.0. The van der Waals surface area contributed by atoms with E-state index in [9.17, 15) is 9.59 Å². The van der Waals surface area contributed by atoms with E-state index in [0.29, 0.717) is 12.8 Å². The molecular formula is C36H70O5. The van der Waals surface area contributed by atoms with Gasteiger partial charge in [-0.3, -0.25) is 9.59 Å². The lowest BCUT2D eigenvalue weighted by Gasteiger charge is -2.19. The maximum atomic E-state index is 12.4. The van der Waals surface area contributed by atoms with Crippen LogP contribution in [0, 0.1) is 0 Å². The van der Waals surface area contributed by atoms with E-state index in [-0.39, 0.29) is 31.3 Å². The van der Waals surface area contributed by atoms with Crippen LogP contribution in [-0.4, -0.2) is 37.4 Å². The summed E-state index contributed by atoms with van der Waals surface area (Å²) in [5.74, 6) is -0.421. The SMILES string of the molecule is CCCCCCCCCCCCCCC(=O)OCC(COC(C)C)OC(=O)CCCCCCCCCCCCCC. The number of carbonyl (C=O) groups is 2. The van der Waals surface area contributed by atoms with Gasteiger partial charge in [-0.1, -0.05) is 155 Å². The highest BCUT2D eigenvalue weighted by Gasteiger charge is 2.18. The van der Waals surface area contributed by atoms with Crippen LogP contribution in [0.4, 0.5) is 0 Å². The Morgan fingerprint density at radius 2 is 0.805 bits per heavy atom. The number of esters is 2. The fourth-order valence-electron chi connectivity index (χ4n) is 5.14. The molecule has 5 nitrogen and oxygen atoms in total. The summed E-state index contributed by atoms with van der Waals surface area (Å²) < 4.78 is 16.7. The molecule has 5 heteroatoms. The molecule has 0 spiro atoms. The Labute approximate surface area is 255 Å². The van der Waals surface area contributed by atoms with E-state index in [1.54, 1.807) is 0 Å². The summed E-state index contributed by atoms with van der Waals surface area (Å²) >= 11 is 0. The van der Waals surface area contributed by atoms with E-state index in [1.165, 1.54) is 128 Å². The van der Waals surface area contributed by atoms with Crippen molar-refractivity contribution in [3.8, 4) is 0 Å². The molecule has 0 bridgehead atoms. The van der Waals surface area contributed by atoms with Gasteiger partial charge in [0.15, 0.2) is 6.10 Å². The van der Waals surface area contributed by atoms with Gasteiger partial charge < -0.3 is 14.2 Å². The fraction of sp³-hybridized carbons (Fsp3) is 0.944. The Morgan fingerprint density at radius 3 is 1.17 bits per heavy atom. The molecule has 0 radical (unpaired) electrons. The molecule has 0 fully saturated rings. The fourth-order valence-corrected chi connectivity index (χ4v) is 5.14. The van der Waals surface area contributed by atoms with Crippen molar-refractivity contribution in [2.75, 3.05) is 13.2 Å². The molecular weight excluding hydrogens is 512 g/mol. The van der Waals surface area contributed by atoms with Crippen molar-refractivity contribution in [3.63, 3.8) is 0 Å². The van der Waals surface area contributed by atoms with Gasteiger partial charge in [0.25, 0.3) is 0 Å². The summed E-state index contributed by atoms with van der Waals surface area (Å²) in [6, 6.07) is 0. The maximum Gasteiger partial charge on any atom is 0.306 e. The van der Waals surface area contributed by atoms with Crippen molar-refractivity contribution >= 4 is 11.9 Å². The summed E-state index contributed by atoms with van der Waals surface area (Å²) in [4.78, 5) is 24.7. The van der Waals surface area contributed by atoms with Crippen LogP contribution in [-0.2, 0) is 23.8 Å². The quantitative estimate of drug-likeness (QED) is 0.0583. The monoisotopic (exact) mass is 583 g/mol. The van der Waals surface area contributed by atoms with Crippen molar-refractivity contribution in [3.05, 3.63) is 0 Å². The standard InChI is InChI=1S/C36H70O5/c1-5-7-9-11-13-15-17-19-21-23-25-27-29-35(37)40-32-34(31-39-33(3)4)41-36(38)30-28-26-24-22-20-18-16-14-12-10-8-6-2/h33-34H,5-32H2,1-4H3. The van der Waals surface area contributed by atoms with E-state index in [2.05, 4.69) is 13.8 Å². The van der Waals surface area contributed by atoms with Gasteiger partial charge >= 0.3 is 11.9 Å². The Balaban J connectivity index is 3.86. The molecule has 0 saturated carbocycles. The minimum atomic E-state index is -0.534. The predicted molar refractivity (Wildman–Crippen MR) is 173 cm³/mol. The van der Waals surface area contributed by atoms with Crippen LogP contribution in [0.1, 0.15) is 195 Å². The first-order valence-corrected chi connectivity index (χ1v) is 18.0. The molecule has 0 saturated heterocycles. The second-order valence-corrected chi connectivity index (χ2v) is 12.5. The minimum Gasteiger partial charge on any atom is -0.462 e. The molecule has 0 amide bonds. The molecule has 0 aromatic rings. The van der Waals surface area contributed by atoms with E-state index >= 15 is 0 Å². The van der Waals surface area contributed by atoms with Crippen LogP contribution in [0.2, 0.25) is 0 Å². The van der Waals surface area contributed by atoms with E-state index in [1.807, 2.05) is 13.8 Å². The number of carbonyl (C=O) groups excluding carboxylic acids is 2. The number of ether oxygens (including phenoxy) is 3. The van der Waals surface area contributed by atoms with Crippen LogP contribution in [0.5, 0.6) is 0 Å². The first-order valence-electron chi connectivity index (χ1n) is 18.0. The largest absolute Gasteiger partial charge is 0.462 e. The Hall–Kier alpha value is -1.10. The van der Waals surface area contributed by atoms with Gasteiger partial charge in [-0.15, -0.1) is 0 Å². The van der Waals surface area contributed by atoms with Crippen molar-refractivity contribution in [2.24, 2.45) is 0 Å². The van der Waals surface area contributed by atoms with Crippen LogP contribution >= 0.6 is 0 Å². The highest BCUT2D eigenvalue weighted by atomic mass is 16.6. The second-order valence-electron chi connectivity index (χ2n) is 12.5. The summed E-state index contributed by atoms with van der Waals surface area (Å²) in [6.07, 6.45) is 30.8. The highest BCUT2D eigenvalue weighted by Crippen LogP contribution is 2.14. The van der Waals surface area contributed by atoms with Gasteiger partial charge in [0, 0.05) is 12.8 Å². The molecule has 0 heterocycles. The van der Waals surface area contributed by atoms with Crippen LogP contribution in [0.15, 0.2) is 0 Å². The number of rotatable bonds is 32. The summed E-state index contributed by atoms with van der Waals surface area (Å²) in [5, 5.41) is 0. The maximum absolute atomic E-state index is 12.4. The van der Waals surface area contributed by atoms with Gasteiger partial charge in [0.05, 0.1) is 12.7 Å². The lowest BCUT2D eigenvalue weighted by Crippen LogP contribution is -2.30. The van der Waals surface area contributed by atoms with Crippen molar-refractivity contribution in [1.82, 2.24) is 0 Å². The molecule has 0 aromatic carbocycles. The second kappa shape index (κ2) is 31.8. The molecule has 0 N–H and O–H groups in total. The molecule has 0 rings (SSSR count). The molecule has 1 unspecified atom stereocenters. The topological polar surface area (TPSA) is 61.8 Å². The number of hydrogen-bond donors (Lipinski definition) is 0. The average Bonchev–Trinajstić information content (AvgIpc) is 2.95. The normalized spacial score (nSPS) is 12.1.